The maximum Gasteiger partial charge on any atom is 0.328 e. The fourth-order valence-corrected chi connectivity index (χ4v) is 2.83. The Morgan fingerprint density at radius 2 is 1.50 bits per heavy atom. The van der Waals surface area contributed by atoms with Gasteiger partial charge in [-0.15, -0.1) is 0 Å². The number of hydrogen-bond donors (Lipinski definition) is 3. The molecule has 0 unspecified atom stereocenters. The second-order valence-electron chi connectivity index (χ2n) is 4.66. The maximum atomic E-state index is 12.2. The zero-order valence-electron chi connectivity index (χ0n) is 12.3. The Morgan fingerprint density at radius 1 is 0.875 bits per heavy atom. The first-order valence-corrected chi connectivity index (χ1v) is 8.25. The van der Waals surface area contributed by atoms with Crippen molar-refractivity contribution in [3.8, 4) is 0 Å². The normalized spacial score (nSPS) is 11.2. The minimum absolute atomic E-state index is 0.0328. The number of carboxylic acids is 1. The highest BCUT2D eigenvalue weighted by atomic mass is 32.2. The predicted molar refractivity (Wildman–Crippen MR) is 89.1 cm³/mol. The van der Waals surface area contributed by atoms with Crippen LogP contribution in [0.4, 0.5) is 11.4 Å². The molecule has 2 aromatic rings. The van der Waals surface area contributed by atoms with Crippen LogP contribution in [-0.4, -0.2) is 25.4 Å². The molecule has 124 valence electrons. The molecule has 0 atom stereocenters. The number of nitrogens with one attached hydrogen (secondary N) is 2. The van der Waals surface area contributed by atoms with Gasteiger partial charge in [0.25, 0.3) is 10.0 Å². The van der Waals surface area contributed by atoms with Crippen LogP contribution in [0.3, 0.4) is 0 Å². The van der Waals surface area contributed by atoms with Gasteiger partial charge in [0.05, 0.1) is 4.90 Å². The summed E-state index contributed by atoms with van der Waals surface area (Å²) in [4.78, 5) is 21.8. The summed E-state index contributed by atoms with van der Waals surface area (Å²) in [6.45, 7) is 0. The van der Waals surface area contributed by atoms with Gasteiger partial charge in [0.15, 0.2) is 0 Å². The van der Waals surface area contributed by atoms with E-state index in [9.17, 15) is 18.0 Å². The first kappa shape index (κ1) is 17.2. The Morgan fingerprint density at radius 3 is 2.08 bits per heavy atom. The van der Waals surface area contributed by atoms with Crippen LogP contribution in [0.1, 0.15) is 0 Å². The minimum Gasteiger partial charge on any atom is -0.478 e. The molecule has 0 saturated heterocycles. The molecule has 2 rings (SSSR count). The number of para-hydroxylation sites is 1. The van der Waals surface area contributed by atoms with Crippen molar-refractivity contribution in [3.05, 3.63) is 66.7 Å². The first-order valence-electron chi connectivity index (χ1n) is 6.77. The highest BCUT2D eigenvalue weighted by molar-refractivity contribution is 7.92. The van der Waals surface area contributed by atoms with Crippen molar-refractivity contribution in [2.24, 2.45) is 0 Å². The monoisotopic (exact) mass is 346 g/mol. The second kappa shape index (κ2) is 7.42. The van der Waals surface area contributed by atoms with Gasteiger partial charge in [-0.25, -0.2) is 13.2 Å². The molecular weight excluding hydrogens is 332 g/mol. The van der Waals surface area contributed by atoms with Crippen molar-refractivity contribution < 1.29 is 23.1 Å². The number of hydrogen-bond acceptors (Lipinski definition) is 4. The van der Waals surface area contributed by atoms with E-state index in [-0.39, 0.29) is 4.90 Å². The Labute approximate surface area is 138 Å². The Hall–Kier alpha value is -3.13. The SMILES string of the molecule is O=C(O)C=CC(=O)Nc1ccc(S(=O)(=O)Nc2ccccc2)cc1. The van der Waals surface area contributed by atoms with Crippen LogP contribution in [0.5, 0.6) is 0 Å². The van der Waals surface area contributed by atoms with Gasteiger partial charge >= 0.3 is 5.97 Å². The van der Waals surface area contributed by atoms with Gasteiger partial charge in [0.2, 0.25) is 5.91 Å². The molecule has 24 heavy (non-hydrogen) atoms. The molecule has 7 nitrogen and oxygen atoms in total. The summed E-state index contributed by atoms with van der Waals surface area (Å²) in [5, 5.41) is 10.9. The van der Waals surface area contributed by atoms with E-state index in [1.165, 1.54) is 24.3 Å². The molecule has 0 aliphatic rings. The highest BCUT2D eigenvalue weighted by Gasteiger charge is 2.14. The summed E-state index contributed by atoms with van der Waals surface area (Å²) in [5.74, 6) is -1.87. The van der Waals surface area contributed by atoms with E-state index in [1.54, 1.807) is 30.3 Å². The number of amides is 1. The molecule has 0 aromatic heterocycles. The molecule has 2 aromatic carbocycles. The Balaban J connectivity index is 2.08. The molecule has 8 heteroatoms. The van der Waals surface area contributed by atoms with Gasteiger partial charge in [0, 0.05) is 23.5 Å². The Kier molecular flexibility index (Phi) is 5.33. The summed E-state index contributed by atoms with van der Waals surface area (Å²) >= 11 is 0. The molecule has 1 amide bonds. The number of carbonyl (C=O) groups is 2. The molecule has 0 aliphatic heterocycles. The van der Waals surface area contributed by atoms with E-state index in [0.717, 1.165) is 6.08 Å². The molecule has 0 saturated carbocycles. The smallest absolute Gasteiger partial charge is 0.328 e. The lowest BCUT2D eigenvalue weighted by molar-refractivity contribution is -0.131. The molecular formula is C16H14N2O5S. The summed E-state index contributed by atoms with van der Waals surface area (Å²) in [6, 6.07) is 13.9. The first-order chi connectivity index (χ1) is 11.4. The number of carboxylic acid groups (broad SMARTS) is 1. The third kappa shape index (κ3) is 4.96. The lowest BCUT2D eigenvalue weighted by Crippen LogP contribution is -2.13. The van der Waals surface area contributed by atoms with Crippen molar-refractivity contribution >= 4 is 33.3 Å². The largest absolute Gasteiger partial charge is 0.478 e. The van der Waals surface area contributed by atoms with E-state index in [1.807, 2.05) is 0 Å². The van der Waals surface area contributed by atoms with Gasteiger partial charge in [-0.1, -0.05) is 18.2 Å². The van der Waals surface area contributed by atoms with Crippen LogP contribution in [0.25, 0.3) is 0 Å². The molecule has 3 N–H and O–H groups in total. The highest BCUT2D eigenvalue weighted by Crippen LogP contribution is 2.18. The standard InChI is InChI=1S/C16H14N2O5S/c19-15(10-11-16(20)21)17-12-6-8-14(9-7-12)24(22,23)18-13-4-2-1-3-5-13/h1-11,18H,(H,17,19)(H,20,21). The lowest BCUT2D eigenvalue weighted by Gasteiger charge is -2.09. The fraction of sp³-hybridized carbons (Fsp3) is 0. The summed E-state index contributed by atoms with van der Waals surface area (Å²) in [5.41, 5.74) is 0.780. The molecule has 0 radical (unpaired) electrons. The second-order valence-corrected chi connectivity index (χ2v) is 6.34. The molecule has 0 bridgehead atoms. The van der Waals surface area contributed by atoms with Crippen molar-refractivity contribution in [3.63, 3.8) is 0 Å². The average molecular weight is 346 g/mol. The van der Waals surface area contributed by atoms with Crippen molar-refractivity contribution in [2.75, 3.05) is 10.0 Å². The number of rotatable bonds is 6. The predicted octanol–water partition coefficient (Wildman–Crippen LogP) is 2.07. The summed E-state index contributed by atoms with van der Waals surface area (Å²) in [6.07, 6.45) is 1.57. The van der Waals surface area contributed by atoms with Crippen molar-refractivity contribution in [1.29, 1.82) is 0 Å². The van der Waals surface area contributed by atoms with Crippen molar-refractivity contribution in [1.82, 2.24) is 0 Å². The Bertz CT molecular complexity index is 859. The van der Waals surface area contributed by atoms with Crippen LogP contribution in [0, 0.1) is 0 Å². The summed E-state index contributed by atoms with van der Waals surface area (Å²) in [7, 11) is -3.73. The van der Waals surface area contributed by atoms with Crippen LogP contribution in [-0.2, 0) is 19.6 Å². The van der Waals surface area contributed by atoms with E-state index in [0.29, 0.717) is 17.5 Å². The van der Waals surface area contributed by atoms with Gasteiger partial charge in [-0.05, 0) is 36.4 Å². The summed E-state index contributed by atoms with van der Waals surface area (Å²) < 4.78 is 26.9. The minimum atomic E-state index is -3.73. The number of aliphatic carboxylic acids is 1. The van der Waals surface area contributed by atoms with Gasteiger partial charge in [0.1, 0.15) is 0 Å². The zero-order chi connectivity index (χ0) is 17.6. The zero-order valence-corrected chi connectivity index (χ0v) is 13.2. The van der Waals surface area contributed by atoms with Gasteiger partial charge < -0.3 is 10.4 Å². The van der Waals surface area contributed by atoms with Gasteiger partial charge in [-0.3, -0.25) is 9.52 Å². The van der Waals surface area contributed by atoms with E-state index in [2.05, 4.69) is 10.0 Å². The number of anilines is 2. The molecule has 0 fully saturated rings. The average Bonchev–Trinajstić information content (AvgIpc) is 2.54. The van der Waals surface area contributed by atoms with Gasteiger partial charge in [-0.2, -0.15) is 0 Å². The third-order valence-corrected chi connectivity index (χ3v) is 4.23. The topological polar surface area (TPSA) is 113 Å². The van der Waals surface area contributed by atoms with E-state index in [4.69, 9.17) is 5.11 Å². The third-order valence-electron chi connectivity index (χ3n) is 2.84. The van der Waals surface area contributed by atoms with Crippen LogP contribution in [0.15, 0.2) is 71.6 Å². The van der Waals surface area contributed by atoms with Crippen LogP contribution >= 0.6 is 0 Å². The lowest BCUT2D eigenvalue weighted by atomic mass is 10.3. The molecule has 0 spiro atoms. The molecule has 0 heterocycles. The van der Waals surface area contributed by atoms with E-state index >= 15 is 0 Å². The number of sulfonamides is 1. The van der Waals surface area contributed by atoms with Crippen molar-refractivity contribution in [2.45, 2.75) is 4.90 Å². The maximum absolute atomic E-state index is 12.2. The number of carbonyl (C=O) groups excluding carboxylic acids is 1. The molecule has 0 aliphatic carbocycles. The quantitative estimate of drug-likeness (QED) is 0.693. The number of benzene rings is 2. The van der Waals surface area contributed by atoms with Crippen LogP contribution < -0.4 is 10.0 Å². The van der Waals surface area contributed by atoms with E-state index < -0.39 is 21.9 Å². The van der Waals surface area contributed by atoms with Crippen LogP contribution in [0.2, 0.25) is 0 Å². The fourth-order valence-electron chi connectivity index (χ4n) is 1.77.